The molecule has 106 valence electrons. The zero-order valence-electron chi connectivity index (χ0n) is 11.5. The molecule has 4 heteroatoms. The van der Waals surface area contributed by atoms with Crippen LogP contribution < -0.4 is 10.6 Å². The number of ether oxygens (including phenoxy) is 1. The summed E-state index contributed by atoms with van der Waals surface area (Å²) in [5, 5.41) is 6.57. The third-order valence-electron chi connectivity index (χ3n) is 4.83. The van der Waals surface area contributed by atoms with Gasteiger partial charge in [-0.05, 0) is 37.3 Å². The first-order valence-corrected chi connectivity index (χ1v) is 7.57. The molecule has 1 amide bonds. The van der Waals surface area contributed by atoms with Gasteiger partial charge in [0.15, 0.2) is 0 Å². The van der Waals surface area contributed by atoms with Crippen LogP contribution in [0, 0.1) is 5.92 Å². The molecule has 20 heavy (non-hydrogen) atoms. The van der Waals surface area contributed by atoms with E-state index in [0.717, 1.165) is 32.2 Å². The van der Waals surface area contributed by atoms with E-state index >= 15 is 0 Å². The Morgan fingerprint density at radius 1 is 1.30 bits per heavy atom. The van der Waals surface area contributed by atoms with Crippen molar-refractivity contribution in [2.75, 3.05) is 11.9 Å². The second-order valence-corrected chi connectivity index (χ2v) is 6.16. The number of benzene rings is 1. The van der Waals surface area contributed by atoms with Gasteiger partial charge in [-0.3, -0.25) is 4.79 Å². The highest BCUT2D eigenvalue weighted by Gasteiger charge is 2.42. The van der Waals surface area contributed by atoms with Crippen molar-refractivity contribution in [2.24, 2.45) is 5.92 Å². The van der Waals surface area contributed by atoms with Crippen LogP contribution in [-0.2, 0) is 16.0 Å². The van der Waals surface area contributed by atoms with E-state index in [1.165, 1.54) is 11.3 Å². The van der Waals surface area contributed by atoms with E-state index in [4.69, 9.17) is 4.74 Å². The maximum atomic E-state index is 12.4. The highest BCUT2D eigenvalue weighted by Crippen LogP contribution is 2.34. The van der Waals surface area contributed by atoms with Crippen LogP contribution in [-0.4, -0.2) is 30.7 Å². The molecular weight excluding hydrogens is 252 g/mol. The summed E-state index contributed by atoms with van der Waals surface area (Å²) in [4.78, 5) is 12.4. The van der Waals surface area contributed by atoms with Gasteiger partial charge in [0.25, 0.3) is 0 Å². The van der Waals surface area contributed by atoms with Crippen LogP contribution >= 0.6 is 0 Å². The lowest BCUT2D eigenvalue weighted by molar-refractivity contribution is -0.125. The molecule has 0 saturated carbocycles. The number of nitrogens with one attached hydrogen (secondary N) is 2. The molecule has 3 aliphatic heterocycles. The number of rotatable bonds is 2. The van der Waals surface area contributed by atoms with Gasteiger partial charge >= 0.3 is 0 Å². The van der Waals surface area contributed by atoms with Crippen molar-refractivity contribution in [1.82, 2.24) is 5.32 Å². The van der Waals surface area contributed by atoms with Crippen LogP contribution in [0.25, 0.3) is 0 Å². The molecule has 0 radical (unpaired) electrons. The van der Waals surface area contributed by atoms with Crippen LogP contribution in [0.3, 0.4) is 0 Å². The summed E-state index contributed by atoms with van der Waals surface area (Å²) in [6.45, 7) is 0.727. The normalized spacial score (nSPS) is 34.4. The molecule has 1 aromatic rings. The monoisotopic (exact) mass is 272 g/mol. The van der Waals surface area contributed by atoms with Crippen LogP contribution in [0.4, 0.5) is 5.69 Å². The minimum Gasteiger partial charge on any atom is -0.384 e. The number of anilines is 1. The van der Waals surface area contributed by atoms with E-state index < -0.39 is 0 Å². The van der Waals surface area contributed by atoms with E-state index in [9.17, 15) is 4.79 Å². The molecule has 2 saturated heterocycles. The van der Waals surface area contributed by atoms with Gasteiger partial charge < -0.3 is 15.4 Å². The van der Waals surface area contributed by atoms with Crippen molar-refractivity contribution in [1.29, 1.82) is 0 Å². The van der Waals surface area contributed by atoms with Gasteiger partial charge in [0.2, 0.25) is 5.91 Å². The molecule has 1 aromatic carbocycles. The van der Waals surface area contributed by atoms with Crippen molar-refractivity contribution in [2.45, 2.75) is 43.9 Å². The molecule has 4 atom stereocenters. The fraction of sp³-hybridized carbons (Fsp3) is 0.562. The molecule has 0 aromatic heterocycles. The molecular formula is C16H20N2O2. The van der Waals surface area contributed by atoms with Crippen molar-refractivity contribution in [3.8, 4) is 0 Å². The van der Waals surface area contributed by atoms with E-state index in [1.807, 2.05) is 12.1 Å². The van der Waals surface area contributed by atoms with E-state index in [1.54, 1.807) is 0 Å². The van der Waals surface area contributed by atoms with Crippen LogP contribution in [0.1, 0.15) is 24.8 Å². The largest absolute Gasteiger partial charge is 0.384 e. The van der Waals surface area contributed by atoms with E-state index in [0.29, 0.717) is 6.10 Å². The molecule has 3 aliphatic rings. The molecule has 4 nitrogen and oxygen atoms in total. The van der Waals surface area contributed by atoms with Crippen LogP contribution in [0.2, 0.25) is 0 Å². The zero-order valence-corrected chi connectivity index (χ0v) is 11.5. The molecule has 4 rings (SSSR count). The molecule has 3 heterocycles. The molecule has 2 bridgehead atoms. The summed E-state index contributed by atoms with van der Waals surface area (Å²) in [5.41, 5.74) is 2.41. The van der Waals surface area contributed by atoms with Gasteiger partial charge in [-0.25, -0.2) is 0 Å². The first-order chi connectivity index (χ1) is 9.79. The van der Waals surface area contributed by atoms with Crippen molar-refractivity contribution in [3.63, 3.8) is 0 Å². The fourth-order valence-corrected chi connectivity index (χ4v) is 3.72. The lowest BCUT2D eigenvalue weighted by atomic mass is 9.91. The van der Waals surface area contributed by atoms with Gasteiger partial charge in [0.1, 0.15) is 0 Å². The lowest BCUT2D eigenvalue weighted by Crippen LogP contribution is -2.46. The summed E-state index contributed by atoms with van der Waals surface area (Å²) in [7, 11) is 0. The number of hydrogen-bond donors (Lipinski definition) is 2. The third kappa shape index (κ3) is 2.08. The molecule has 4 unspecified atom stereocenters. The SMILES string of the molecule is O=C(NC1CC2CCC1O2)C1CNc2ccccc2C1. The minimum absolute atomic E-state index is 0.0315. The predicted octanol–water partition coefficient (Wildman–Crippen LogP) is 1.71. The van der Waals surface area contributed by atoms with Gasteiger partial charge in [-0.2, -0.15) is 0 Å². The Morgan fingerprint density at radius 2 is 2.20 bits per heavy atom. The molecule has 0 spiro atoms. The Morgan fingerprint density at radius 3 is 3.00 bits per heavy atom. The van der Waals surface area contributed by atoms with Crippen LogP contribution in [0.15, 0.2) is 24.3 Å². The Hall–Kier alpha value is -1.55. The van der Waals surface area contributed by atoms with Gasteiger partial charge in [-0.1, -0.05) is 18.2 Å². The number of para-hydroxylation sites is 1. The second kappa shape index (κ2) is 4.77. The second-order valence-electron chi connectivity index (χ2n) is 6.16. The highest BCUT2D eigenvalue weighted by molar-refractivity contribution is 5.81. The van der Waals surface area contributed by atoms with Gasteiger partial charge in [0, 0.05) is 12.2 Å². The first kappa shape index (κ1) is 12.2. The van der Waals surface area contributed by atoms with Crippen molar-refractivity contribution >= 4 is 11.6 Å². The Bertz CT molecular complexity index is 531. The fourth-order valence-electron chi connectivity index (χ4n) is 3.72. The maximum Gasteiger partial charge on any atom is 0.225 e. The van der Waals surface area contributed by atoms with Crippen molar-refractivity contribution < 1.29 is 9.53 Å². The van der Waals surface area contributed by atoms with Crippen molar-refractivity contribution in [3.05, 3.63) is 29.8 Å². The maximum absolute atomic E-state index is 12.4. The lowest BCUT2D eigenvalue weighted by Gasteiger charge is -2.28. The predicted molar refractivity (Wildman–Crippen MR) is 76.6 cm³/mol. The minimum atomic E-state index is 0.0315. The number of fused-ring (bicyclic) bond motifs is 3. The summed E-state index contributed by atoms with van der Waals surface area (Å²) < 4.78 is 5.80. The average molecular weight is 272 g/mol. The first-order valence-electron chi connectivity index (χ1n) is 7.57. The van der Waals surface area contributed by atoms with E-state index in [2.05, 4.69) is 22.8 Å². The zero-order chi connectivity index (χ0) is 13.5. The summed E-state index contributed by atoms with van der Waals surface area (Å²) in [6, 6.07) is 8.47. The van der Waals surface area contributed by atoms with Gasteiger partial charge in [0.05, 0.1) is 24.2 Å². The number of carbonyl (C=O) groups excluding carboxylic acids is 1. The highest BCUT2D eigenvalue weighted by atomic mass is 16.5. The molecule has 0 aliphatic carbocycles. The van der Waals surface area contributed by atoms with Gasteiger partial charge in [-0.15, -0.1) is 0 Å². The summed E-state index contributed by atoms with van der Waals surface area (Å²) in [5.74, 6) is 0.206. The van der Waals surface area contributed by atoms with E-state index in [-0.39, 0.29) is 24.0 Å². The Kier molecular flexibility index (Phi) is 2.91. The Labute approximate surface area is 118 Å². The summed E-state index contributed by atoms with van der Waals surface area (Å²) in [6.07, 6.45) is 4.73. The standard InChI is InChI=1S/C16H20N2O2/c19-16(18-14-8-12-5-6-15(14)20-12)11-7-10-3-1-2-4-13(10)17-9-11/h1-4,11-12,14-15,17H,5-9H2,(H,18,19). The molecule has 2 fully saturated rings. The number of hydrogen-bond acceptors (Lipinski definition) is 3. The topological polar surface area (TPSA) is 50.4 Å². The molecule has 2 N–H and O–H groups in total. The van der Waals surface area contributed by atoms with Crippen LogP contribution in [0.5, 0.6) is 0 Å². The third-order valence-corrected chi connectivity index (χ3v) is 4.83. The summed E-state index contributed by atoms with van der Waals surface area (Å²) >= 11 is 0. The average Bonchev–Trinajstić information content (AvgIpc) is 3.09. The number of carbonyl (C=O) groups is 1. The smallest absolute Gasteiger partial charge is 0.225 e. The Balaban J connectivity index is 1.40. The quantitative estimate of drug-likeness (QED) is 0.861. The number of amides is 1.